The Balaban J connectivity index is 1.73. The van der Waals surface area contributed by atoms with Crippen LogP contribution in [0.4, 0.5) is 11.6 Å². The van der Waals surface area contributed by atoms with Crippen molar-refractivity contribution in [2.24, 2.45) is 0 Å². The van der Waals surface area contributed by atoms with E-state index in [4.69, 9.17) is 0 Å². The Morgan fingerprint density at radius 3 is 2.72 bits per heavy atom. The molecule has 18 heavy (non-hydrogen) atoms. The number of nitrogens with zero attached hydrogens (tertiary/aromatic N) is 2. The molecule has 3 rings (SSSR count). The van der Waals surface area contributed by atoms with E-state index in [0.29, 0.717) is 6.04 Å². The first-order valence-electron chi connectivity index (χ1n) is 6.75. The molecule has 0 amide bonds. The molecule has 1 aliphatic rings. The van der Waals surface area contributed by atoms with Crippen LogP contribution in [0.5, 0.6) is 0 Å². The third-order valence-corrected chi connectivity index (χ3v) is 3.36. The lowest BCUT2D eigenvalue weighted by molar-refractivity contribution is 0.751. The van der Waals surface area contributed by atoms with Gasteiger partial charge in [0.15, 0.2) is 0 Å². The highest BCUT2D eigenvalue weighted by Gasteiger charge is 2.25. The summed E-state index contributed by atoms with van der Waals surface area (Å²) in [6.07, 6.45) is 8.83. The van der Waals surface area contributed by atoms with Gasteiger partial charge in [0.2, 0.25) is 5.95 Å². The quantitative estimate of drug-likeness (QED) is 0.860. The van der Waals surface area contributed by atoms with Crippen LogP contribution in [0.3, 0.4) is 0 Å². The standard InChI is InChI=1S/C15H19N3/c1-2-3-12-4-6-13(7-5-12)17-15-16-10-11-18(15)14-8-9-14/h4-7,10-11,14H,2-3,8-9H2,1H3,(H,16,17). The fourth-order valence-electron chi connectivity index (χ4n) is 2.23. The number of aromatic nitrogens is 2. The van der Waals surface area contributed by atoms with Gasteiger partial charge >= 0.3 is 0 Å². The van der Waals surface area contributed by atoms with Crippen molar-refractivity contribution in [1.82, 2.24) is 9.55 Å². The summed E-state index contributed by atoms with van der Waals surface area (Å²) >= 11 is 0. The molecule has 0 saturated heterocycles. The molecule has 2 aromatic rings. The summed E-state index contributed by atoms with van der Waals surface area (Å²) in [5.74, 6) is 0.959. The van der Waals surface area contributed by atoms with E-state index in [0.717, 1.165) is 18.1 Å². The molecule has 0 spiro atoms. The zero-order chi connectivity index (χ0) is 12.4. The maximum atomic E-state index is 4.38. The highest BCUT2D eigenvalue weighted by Crippen LogP contribution is 2.37. The highest BCUT2D eigenvalue weighted by molar-refractivity contribution is 5.54. The molecule has 0 radical (unpaired) electrons. The average molecular weight is 241 g/mol. The molecular weight excluding hydrogens is 222 g/mol. The first kappa shape index (κ1) is 11.3. The number of hydrogen-bond donors (Lipinski definition) is 1. The lowest BCUT2D eigenvalue weighted by Crippen LogP contribution is -2.01. The molecule has 3 nitrogen and oxygen atoms in total. The Morgan fingerprint density at radius 2 is 2.06 bits per heavy atom. The largest absolute Gasteiger partial charge is 0.326 e. The van der Waals surface area contributed by atoms with Gasteiger partial charge in [0, 0.05) is 24.1 Å². The van der Waals surface area contributed by atoms with Gasteiger partial charge < -0.3 is 9.88 Å². The summed E-state index contributed by atoms with van der Waals surface area (Å²) in [6.45, 7) is 2.21. The smallest absolute Gasteiger partial charge is 0.207 e. The molecule has 0 atom stereocenters. The van der Waals surface area contributed by atoms with Gasteiger partial charge in [-0.05, 0) is 37.0 Å². The van der Waals surface area contributed by atoms with Crippen LogP contribution in [0.15, 0.2) is 36.7 Å². The second-order valence-corrected chi connectivity index (χ2v) is 4.96. The summed E-state index contributed by atoms with van der Waals surface area (Å²) < 4.78 is 2.24. The fraction of sp³-hybridized carbons (Fsp3) is 0.400. The van der Waals surface area contributed by atoms with E-state index in [9.17, 15) is 0 Å². The Morgan fingerprint density at radius 1 is 1.28 bits per heavy atom. The number of imidazole rings is 1. The molecule has 3 heteroatoms. The van der Waals surface area contributed by atoms with Crippen molar-refractivity contribution in [1.29, 1.82) is 0 Å². The second kappa shape index (κ2) is 4.84. The monoisotopic (exact) mass is 241 g/mol. The van der Waals surface area contributed by atoms with E-state index in [1.165, 1.54) is 24.8 Å². The number of nitrogens with one attached hydrogen (secondary N) is 1. The molecule has 1 aromatic carbocycles. The molecule has 1 fully saturated rings. The van der Waals surface area contributed by atoms with E-state index in [1.807, 2.05) is 6.20 Å². The van der Waals surface area contributed by atoms with Crippen LogP contribution in [-0.4, -0.2) is 9.55 Å². The van der Waals surface area contributed by atoms with Crippen LogP contribution in [-0.2, 0) is 6.42 Å². The lowest BCUT2D eigenvalue weighted by Gasteiger charge is -2.09. The van der Waals surface area contributed by atoms with Crippen molar-refractivity contribution in [3.05, 3.63) is 42.2 Å². The lowest BCUT2D eigenvalue weighted by atomic mass is 10.1. The Hall–Kier alpha value is -1.77. The zero-order valence-corrected chi connectivity index (χ0v) is 10.8. The molecule has 1 aromatic heterocycles. The maximum absolute atomic E-state index is 4.38. The summed E-state index contributed by atoms with van der Waals surface area (Å²) in [6, 6.07) is 9.31. The van der Waals surface area contributed by atoms with Gasteiger partial charge in [0.1, 0.15) is 0 Å². The third kappa shape index (κ3) is 2.40. The predicted octanol–water partition coefficient (Wildman–Crippen LogP) is 3.91. The van der Waals surface area contributed by atoms with E-state index >= 15 is 0 Å². The van der Waals surface area contributed by atoms with Gasteiger partial charge in [-0.15, -0.1) is 0 Å². The van der Waals surface area contributed by atoms with E-state index < -0.39 is 0 Å². The number of aryl methyl sites for hydroxylation is 1. The van der Waals surface area contributed by atoms with Gasteiger partial charge in [-0.1, -0.05) is 25.5 Å². The van der Waals surface area contributed by atoms with Crippen LogP contribution in [0.25, 0.3) is 0 Å². The van der Waals surface area contributed by atoms with Crippen LogP contribution < -0.4 is 5.32 Å². The van der Waals surface area contributed by atoms with Crippen molar-refractivity contribution in [2.75, 3.05) is 5.32 Å². The molecule has 1 heterocycles. The number of rotatable bonds is 5. The first-order chi connectivity index (χ1) is 8.86. The zero-order valence-electron chi connectivity index (χ0n) is 10.8. The molecule has 0 unspecified atom stereocenters. The van der Waals surface area contributed by atoms with Gasteiger partial charge in [-0.2, -0.15) is 0 Å². The summed E-state index contributed by atoms with van der Waals surface area (Å²) in [5.41, 5.74) is 2.51. The van der Waals surface area contributed by atoms with Crippen LogP contribution in [0, 0.1) is 0 Å². The average Bonchev–Trinajstić information content (AvgIpc) is 3.13. The van der Waals surface area contributed by atoms with Crippen molar-refractivity contribution in [3.8, 4) is 0 Å². The van der Waals surface area contributed by atoms with Gasteiger partial charge in [0.25, 0.3) is 0 Å². The van der Waals surface area contributed by atoms with E-state index in [2.05, 4.69) is 52.3 Å². The van der Waals surface area contributed by atoms with Crippen LogP contribution in [0.1, 0.15) is 37.8 Å². The summed E-state index contributed by atoms with van der Waals surface area (Å²) in [4.78, 5) is 4.38. The molecule has 0 aliphatic heterocycles. The molecule has 94 valence electrons. The Labute approximate surface area is 108 Å². The molecule has 0 bridgehead atoms. The second-order valence-electron chi connectivity index (χ2n) is 4.96. The third-order valence-electron chi connectivity index (χ3n) is 3.36. The van der Waals surface area contributed by atoms with Gasteiger partial charge in [0.05, 0.1) is 0 Å². The fourth-order valence-corrected chi connectivity index (χ4v) is 2.23. The summed E-state index contributed by atoms with van der Waals surface area (Å²) in [7, 11) is 0. The molecule has 1 aliphatic carbocycles. The normalized spacial score (nSPS) is 14.7. The van der Waals surface area contributed by atoms with Crippen molar-refractivity contribution in [2.45, 2.75) is 38.6 Å². The van der Waals surface area contributed by atoms with Crippen molar-refractivity contribution >= 4 is 11.6 Å². The summed E-state index contributed by atoms with van der Waals surface area (Å²) in [5, 5.41) is 3.40. The SMILES string of the molecule is CCCc1ccc(Nc2nccn2C2CC2)cc1. The topological polar surface area (TPSA) is 29.9 Å². The Kier molecular flexibility index (Phi) is 3.05. The van der Waals surface area contributed by atoms with E-state index in [1.54, 1.807) is 0 Å². The molecule has 1 N–H and O–H groups in total. The van der Waals surface area contributed by atoms with Crippen LogP contribution >= 0.6 is 0 Å². The van der Waals surface area contributed by atoms with Crippen LogP contribution in [0.2, 0.25) is 0 Å². The number of hydrogen-bond acceptors (Lipinski definition) is 2. The number of anilines is 2. The predicted molar refractivity (Wildman–Crippen MR) is 74.2 cm³/mol. The van der Waals surface area contributed by atoms with Crippen molar-refractivity contribution < 1.29 is 0 Å². The maximum Gasteiger partial charge on any atom is 0.207 e. The molecular formula is C15H19N3. The van der Waals surface area contributed by atoms with Crippen molar-refractivity contribution in [3.63, 3.8) is 0 Å². The minimum absolute atomic E-state index is 0.661. The minimum atomic E-state index is 0.661. The number of benzene rings is 1. The first-order valence-corrected chi connectivity index (χ1v) is 6.75. The van der Waals surface area contributed by atoms with Gasteiger partial charge in [-0.25, -0.2) is 4.98 Å². The highest BCUT2D eigenvalue weighted by atomic mass is 15.2. The van der Waals surface area contributed by atoms with E-state index in [-0.39, 0.29) is 0 Å². The van der Waals surface area contributed by atoms with Gasteiger partial charge in [-0.3, -0.25) is 0 Å². The minimum Gasteiger partial charge on any atom is -0.326 e. The molecule has 1 saturated carbocycles. The Bertz CT molecular complexity index is 509.